The Labute approximate surface area is 136 Å². The molecule has 120 valence electrons. The number of hydrogen-bond acceptors (Lipinski definition) is 5. The van der Waals surface area contributed by atoms with Crippen LogP contribution in [0, 0.1) is 0 Å². The van der Waals surface area contributed by atoms with Crippen molar-refractivity contribution < 1.29 is 13.9 Å². The first-order valence-corrected chi connectivity index (χ1v) is 7.34. The number of nitrogens with one attached hydrogen (secondary N) is 1. The van der Waals surface area contributed by atoms with Crippen molar-refractivity contribution in [2.24, 2.45) is 0 Å². The third kappa shape index (κ3) is 3.54. The average Bonchev–Trinajstić information content (AvgIpc) is 2.90. The van der Waals surface area contributed by atoms with Gasteiger partial charge in [0.2, 0.25) is 5.76 Å². The van der Waals surface area contributed by atoms with Crippen molar-refractivity contribution in [3.05, 3.63) is 30.0 Å². The largest absolute Gasteiger partial charge is 0.457 e. The zero-order valence-corrected chi connectivity index (χ0v) is 13.6. The van der Waals surface area contributed by atoms with Gasteiger partial charge in [0.25, 0.3) is 0 Å². The summed E-state index contributed by atoms with van der Waals surface area (Å²) in [6.07, 6.45) is -0.151. The number of benzene rings is 1. The lowest BCUT2D eigenvalue weighted by atomic mass is 10.2. The van der Waals surface area contributed by atoms with Crippen LogP contribution in [0.15, 0.2) is 28.7 Å². The van der Waals surface area contributed by atoms with Gasteiger partial charge in [-0.05, 0) is 38.1 Å². The van der Waals surface area contributed by atoms with Crippen molar-refractivity contribution >= 4 is 35.0 Å². The van der Waals surface area contributed by atoms with E-state index < -0.39 is 5.97 Å². The summed E-state index contributed by atoms with van der Waals surface area (Å²) in [4.78, 5) is 14.2. The maximum Gasteiger partial charge on any atom is 0.374 e. The van der Waals surface area contributed by atoms with Crippen LogP contribution in [0.5, 0.6) is 0 Å². The molecule has 0 aliphatic carbocycles. The maximum absolute atomic E-state index is 11.9. The highest BCUT2D eigenvalue weighted by Crippen LogP contribution is 2.26. The number of ether oxygens (including phenoxy) is 1. The third-order valence-electron chi connectivity index (χ3n) is 3.53. The van der Waals surface area contributed by atoms with Crippen molar-refractivity contribution in [2.45, 2.75) is 20.0 Å². The highest BCUT2D eigenvalue weighted by molar-refractivity contribution is 5.93. The predicted octanol–water partition coefficient (Wildman–Crippen LogP) is 2.83. The lowest BCUT2D eigenvalue weighted by Crippen LogP contribution is -2.43. The Bertz CT molecular complexity index is 648. The fraction of sp³-hybridized carbons (Fsp3) is 0.438. The van der Waals surface area contributed by atoms with Crippen molar-refractivity contribution in [2.75, 3.05) is 31.1 Å². The number of anilines is 1. The lowest BCUT2D eigenvalue weighted by molar-refractivity contribution is 0.0344. The monoisotopic (exact) mass is 324 g/mol. The summed E-state index contributed by atoms with van der Waals surface area (Å²) in [7, 11) is 0. The van der Waals surface area contributed by atoms with Crippen LogP contribution in [0.4, 0.5) is 5.69 Å². The van der Waals surface area contributed by atoms with Gasteiger partial charge in [-0.25, -0.2) is 4.79 Å². The standard InChI is InChI=1S/C16H20N2O3.ClH/c1-11(2)20-16(19)15-10-12-9-13(3-4-14(12)21-15)18-7-5-17-6-8-18;/h3-4,9-11,17H,5-8H2,1-2H3;1H. The van der Waals surface area contributed by atoms with Gasteiger partial charge in [0.05, 0.1) is 6.10 Å². The quantitative estimate of drug-likeness (QED) is 0.880. The molecular formula is C16H21ClN2O3. The van der Waals surface area contributed by atoms with Gasteiger partial charge in [-0.15, -0.1) is 12.4 Å². The summed E-state index contributed by atoms with van der Waals surface area (Å²) in [5.41, 5.74) is 1.87. The number of carbonyl (C=O) groups is 1. The molecule has 1 aliphatic rings. The molecule has 0 atom stereocenters. The Hall–Kier alpha value is -1.72. The Morgan fingerprint density at radius 3 is 2.68 bits per heavy atom. The minimum atomic E-state index is -0.412. The molecule has 22 heavy (non-hydrogen) atoms. The van der Waals surface area contributed by atoms with E-state index in [2.05, 4.69) is 16.3 Å². The summed E-state index contributed by atoms with van der Waals surface area (Å²) >= 11 is 0. The highest BCUT2D eigenvalue weighted by Gasteiger charge is 2.16. The summed E-state index contributed by atoms with van der Waals surface area (Å²) in [5.74, 6) is -0.152. The number of halogens is 1. The Balaban J connectivity index is 0.00000176. The van der Waals surface area contributed by atoms with E-state index in [0.717, 1.165) is 37.3 Å². The van der Waals surface area contributed by atoms with E-state index in [4.69, 9.17) is 9.15 Å². The van der Waals surface area contributed by atoms with Gasteiger partial charge in [0.1, 0.15) is 5.58 Å². The van der Waals surface area contributed by atoms with Gasteiger partial charge in [0.15, 0.2) is 0 Å². The van der Waals surface area contributed by atoms with E-state index in [-0.39, 0.29) is 24.3 Å². The number of hydrogen-bond donors (Lipinski definition) is 1. The second-order valence-corrected chi connectivity index (χ2v) is 5.52. The van der Waals surface area contributed by atoms with Crippen molar-refractivity contribution in [3.8, 4) is 0 Å². The Morgan fingerprint density at radius 1 is 1.27 bits per heavy atom. The number of carbonyl (C=O) groups excluding carboxylic acids is 1. The summed E-state index contributed by atoms with van der Waals surface area (Å²) in [6.45, 7) is 7.62. The van der Waals surface area contributed by atoms with Crippen molar-refractivity contribution in [1.29, 1.82) is 0 Å². The van der Waals surface area contributed by atoms with Gasteiger partial charge < -0.3 is 19.4 Å². The van der Waals surface area contributed by atoms with E-state index in [1.165, 1.54) is 0 Å². The van der Waals surface area contributed by atoms with Gasteiger partial charge in [-0.1, -0.05) is 0 Å². The molecule has 1 aliphatic heterocycles. The summed E-state index contributed by atoms with van der Waals surface area (Å²) in [5, 5.41) is 4.27. The van der Waals surface area contributed by atoms with Gasteiger partial charge in [-0.3, -0.25) is 0 Å². The maximum atomic E-state index is 11.9. The topological polar surface area (TPSA) is 54.7 Å². The van der Waals surface area contributed by atoms with Crippen LogP contribution in [0.3, 0.4) is 0 Å². The molecule has 1 N–H and O–H groups in total. The van der Waals surface area contributed by atoms with Gasteiger partial charge in [-0.2, -0.15) is 0 Å². The number of fused-ring (bicyclic) bond motifs is 1. The number of nitrogens with zero attached hydrogens (tertiary/aromatic N) is 1. The molecule has 3 rings (SSSR count). The van der Waals surface area contributed by atoms with Crippen LogP contribution in [-0.4, -0.2) is 38.3 Å². The molecule has 2 aromatic rings. The van der Waals surface area contributed by atoms with Crippen LogP contribution in [-0.2, 0) is 4.74 Å². The molecule has 1 aromatic carbocycles. The van der Waals surface area contributed by atoms with Crippen LogP contribution in [0.2, 0.25) is 0 Å². The molecule has 0 bridgehead atoms. The van der Waals surface area contributed by atoms with E-state index in [1.807, 2.05) is 26.0 Å². The molecular weight excluding hydrogens is 304 g/mol. The zero-order chi connectivity index (χ0) is 14.8. The van der Waals surface area contributed by atoms with E-state index in [0.29, 0.717) is 5.58 Å². The lowest BCUT2D eigenvalue weighted by Gasteiger charge is -2.29. The highest BCUT2D eigenvalue weighted by atomic mass is 35.5. The Morgan fingerprint density at radius 2 is 2.00 bits per heavy atom. The van der Waals surface area contributed by atoms with Crippen LogP contribution >= 0.6 is 12.4 Å². The molecule has 0 spiro atoms. The molecule has 0 unspecified atom stereocenters. The number of esters is 1. The zero-order valence-electron chi connectivity index (χ0n) is 12.8. The van der Waals surface area contributed by atoms with Crippen LogP contribution in [0.25, 0.3) is 11.0 Å². The molecule has 0 radical (unpaired) electrons. The normalized spacial score (nSPS) is 15.0. The van der Waals surface area contributed by atoms with E-state index in [1.54, 1.807) is 6.07 Å². The average molecular weight is 325 g/mol. The van der Waals surface area contributed by atoms with Gasteiger partial charge >= 0.3 is 5.97 Å². The molecule has 1 fully saturated rings. The number of furan rings is 1. The molecule has 0 saturated carbocycles. The second-order valence-electron chi connectivity index (χ2n) is 5.52. The number of rotatable bonds is 3. The van der Waals surface area contributed by atoms with Crippen LogP contribution in [0.1, 0.15) is 24.4 Å². The molecule has 1 aromatic heterocycles. The third-order valence-corrected chi connectivity index (χ3v) is 3.53. The second kappa shape index (κ2) is 7.03. The fourth-order valence-corrected chi connectivity index (χ4v) is 2.52. The molecule has 5 nitrogen and oxygen atoms in total. The Kier molecular flexibility index (Phi) is 5.32. The first-order valence-electron chi connectivity index (χ1n) is 7.34. The summed E-state index contributed by atoms with van der Waals surface area (Å²) < 4.78 is 10.7. The fourth-order valence-electron chi connectivity index (χ4n) is 2.52. The van der Waals surface area contributed by atoms with Crippen LogP contribution < -0.4 is 10.2 Å². The predicted molar refractivity (Wildman–Crippen MR) is 89.1 cm³/mol. The van der Waals surface area contributed by atoms with E-state index >= 15 is 0 Å². The smallest absolute Gasteiger partial charge is 0.374 e. The minimum absolute atomic E-state index is 0. The number of piperazine rings is 1. The first-order chi connectivity index (χ1) is 10.1. The molecule has 1 saturated heterocycles. The molecule has 0 amide bonds. The SMILES string of the molecule is CC(C)OC(=O)c1cc2cc(N3CCNCC3)ccc2o1.Cl. The molecule has 6 heteroatoms. The molecule has 2 heterocycles. The van der Waals surface area contributed by atoms with Crippen molar-refractivity contribution in [3.63, 3.8) is 0 Å². The first kappa shape index (κ1) is 16.6. The minimum Gasteiger partial charge on any atom is -0.457 e. The van der Waals surface area contributed by atoms with E-state index in [9.17, 15) is 4.79 Å². The van der Waals surface area contributed by atoms with Crippen molar-refractivity contribution in [1.82, 2.24) is 5.32 Å². The summed E-state index contributed by atoms with van der Waals surface area (Å²) in [6, 6.07) is 7.77. The van der Waals surface area contributed by atoms with Gasteiger partial charge in [0, 0.05) is 37.3 Å².